The Morgan fingerprint density at radius 3 is 2.57 bits per heavy atom. The molecule has 1 aliphatic heterocycles. The van der Waals surface area contributed by atoms with Crippen molar-refractivity contribution >= 4 is 16.8 Å². The molecule has 35 heavy (non-hydrogen) atoms. The highest BCUT2D eigenvalue weighted by Gasteiger charge is 2.21. The molecule has 0 atom stereocenters. The van der Waals surface area contributed by atoms with E-state index in [1.807, 2.05) is 37.3 Å². The Hall–Kier alpha value is -4.09. The molecule has 4 aromatic rings. The minimum absolute atomic E-state index is 0.286. The molecule has 0 unspecified atom stereocenters. The summed E-state index contributed by atoms with van der Waals surface area (Å²) < 4.78 is 22.9. The van der Waals surface area contributed by atoms with Crippen molar-refractivity contribution in [3.63, 3.8) is 0 Å². The molecule has 0 spiro atoms. The van der Waals surface area contributed by atoms with Gasteiger partial charge in [0, 0.05) is 31.5 Å². The van der Waals surface area contributed by atoms with Crippen molar-refractivity contribution in [2.75, 3.05) is 32.8 Å². The van der Waals surface area contributed by atoms with Crippen LogP contribution in [0.2, 0.25) is 0 Å². The molecule has 1 aromatic carbocycles. The molecule has 0 saturated carbocycles. The lowest BCUT2D eigenvalue weighted by Crippen LogP contribution is -2.28. The summed E-state index contributed by atoms with van der Waals surface area (Å²) in [6, 6.07) is 12.1. The molecule has 0 aliphatic carbocycles. The summed E-state index contributed by atoms with van der Waals surface area (Å²) in [6.45, 7) is 3.41. The van der Waals surface area contributed by atoms with Crippen molar-refractivity contribution in [2.45, 2.75) is 25.8 Å². The van der Waals surface area contributed by atoms with Gasteiger partial charge in [-0.2, -0.15) is 5.26 Å². The van der Waals surface area contributed by atoms with E-state index in [1.165, 1.54) is 0 Å². The maximum absolute atomic E-state index is 9.89. The molecular weight excluding hydrogens is 444 g/mol. The number of nitrogens with one attached hydrogen (secondary N) is 1. The Morgan fingerprint density at radius 2 is 1.83 bits per heavy atom. The standard InChI is InChI=1S/C27H26N4O4/c1-16-10-22(32-2)26(30-14-16)23-12-21-27(35-23)25(24(33-3)15-29-21)17-4-5-20(18(11-17)13-28)31-19-6-8-34-9-7-19/h4-5,10-12,14-15,19,31H,6-9H2,1-3H3. The van der Waals surface area contributed by atoms with E-state index in [0.29, 0.717) is 39.6 Å². The number of ether oxygens (including phenoxy) is 3. The molecular formula is C27H26N4O4. The number of pyridine rings is 2. The second-order valence-electron chi connectivity index (χ2n) is 8.49. The number of hydrogen-bond acceptors (Lipinski definition) is 8. The fraction of sp³-hybridized carbons (Fsp3) is 0.296. The zero-order valence-corrected chi connectivity index (χ0v) is 19.9. The van der Waals surface area contributed by atoms with Gasteiger partial charge in [-0.1, -0.05) is 6.07 Å². The van der Waals surface area contributed by atoms with Gasteiger partial charge in [0.2, 0.25) is 0 Å². The molecule has 1 saturated heterocycles. The van der Waals surface area contributed by atoms with Crippen LogP contribution in [0.5, 0.6) is 11.5 Å². The van der Waals surface area contributed by atoms with Gasteiger partial charge in [0.15, 0.2) is 11.3 Å². The quantitative estimate of drug-likeness (QED) is 0.403. The smallest absolute Gasteiger partial charge is 0.164 e. The summed E-state index contributed by atoms with van der Waals surface area (Å²) in [5.74, 6) is 1.71. The first-order valence-electron chi connectivity index (χ1n) is 11.5. The van der Waals surface area contributed by atoms with Gasteiger partial charge < -0.3 is 23.9 Å². The Labute approximate surface area is 203 Å². The van der Waals surface area contributed by atoms with Crippen molar-refractivity contribution in [3.05, 3.63) is 53.9 Å². The molecule has 0 amide bonds. The Morgan fingerprint density at radius 1 is 1.03 bits per heavy atom. The van der Waals surface area contributed by atoms with Crippen molar-refractivity contribution < 1.29 is 18.6 Å². The van der Waals surface area contributed by atoms with Crippen molar-refractivity contribution in [1.82, 2.24) is 9.97 Å². The summed E-state index contributed by atoms with van der Waals surface area (Å²) in [4.78, 5) is 9.03. The first-order valence-corrected chi connectivity index (χ1v) is 11.5. The summed E-state index contributed by atoms with van der Waals surface area (Å²) in [5.41, 5.74) is 5.67. The highest BCUT2D eigenvalue weighted by molar-refractivity contribution is 5.96. The number of benzene rings is 1. The highest BCUT2D eigenvalue weighted by Crippen LogP contribution is 2.41. The Kier molecular flexibility index (Phi) is 6.25. The Balaban J connectivity index is 1.60. The number of furan rings is 1. The topological polar surface area (TPSA) is 102 Å². The maximum atomic E-state index is 9.89. The van der Waals surface area contributed by atoms with Crippen LogP contribution in [-0.4, -0.2) is 43.4 Å². The first kappa shape index (κ1) is 22.7. The predicted molar refractivity (Wildman–Crippen MR) is 133 cm³/mol. The van der Waals surface area contributed by atoms with Crippen molar-refractivity contribution in [2.24, 2.45) is 0 Å². The number of hydrogen-bond donors (Lipinski definition) is 1. The summed E-state index contributed by atoms with van der Waals surface area (Å²) in [7, 11) is 3.20. The zero-order valence-electron chi connectivity index (χ0n) is 19.9. The normalized spacial score (nSPS) is 14.0. The number of rotatable bonds is 6. The van der Waals surface area contributed by atoms with Gasteiger partial charge in [0.25, 0.3) is 0 Å². The largest absolute Gasteiger partial charge is 0.494 e. The second-order valence-corrected chi connectivity index (χ2v) is 8.49. The predicted octanol–water partition coefficient (Wildman–Crippen LogP) is 5.35. The molecule has 4 heterocycles. The number of aryl methyl sites for hydroxylation is 1. The van der Waals surface area contributed by atoms with Crippen LogP contribution in [0.15, 0.2) is 47.1 Å². The van der Waals surface area contributed by atoms with Crippen LogP contribution in [0.3, 0.4) is 0 Å². The number of aromatic nitrogens is 2. The summed E-state index contributed by atoms with van der Waals surface area (Å²) >= 11 is 0. The average Bonchev–Trinajstić information content (AvgIpc) is 3.33. The molecule has 0 radical (unpaired) electrons. The lowest BCUT2D eigenvalue weighted by molar-refractivity contribution is 0.0904. The van der Waals surface area contributed by atoms with Crippen molar-refractivity contribution in [3.8, 4) is 40.1 Å². The van der Waals surface area contributed by atoms with Gasteiger partial charge in [-0.3, -0.25) is 0 Å². The molecule has 178 valence electrons. The minimum Gasteiger partial charge on any atom is -0.494 e. The number of methoxy groups -OCH3 is 2. The number of anilines is 1. The molecule has 5 rings (SSSR count). The molecule has 8 heteroatoms. The third kappa shape index (κ3) is 4.38. The summed E-state index contributed by atoms with van der Waals surface area (Å²) in [5, 5.41) is 13.4. The molecule has 3 aromatic heterocycles. The van der Waals surface area contributed by atoms with Crippen LogP contribution >= 0.6 is 0 Å². The van der Waals surface area contributed by atoms with E-state index in [-0.39, 0.29) is 6.04 Å². The molecule has 1 fully saturated rings. The van der Waals surface area contributed by atoms with Gasteiger partial charge in [-0.05, 0) is 49.1 Å². The third-order valence-corrected chi connectivity index (χ3v) is 6.18. The maximum Gasteiger partial charge on any atom is 0.164 e. The highest BCUT2D eigenvalue weighted by atomic mass is 16.5. The van der Waals surface area contributed by atoms with Crippen LogP contribution in [0.25, 0.3) is 33.7 Å². The van der Waals surface area contributed by atoms with Crippen LogP contribution in [-0.2, 0) is 4.74 Å². The molecule has 0 bridgehead atoms. The fourth-order valence-corrected chi connectivity index (χ4v) is 4.37. The van der Waals surface area contributed by atoms with Crippen LogP contribution in [0, 0.1) is 18.3 Å². The molecule has 1 N–H and O–H groups in total. The van der Waals surface area contributed by atoms with Crippen LogP contribution in [0.1, 0.15) is 24.0 Å². The van der Waals surface area contributed by atoms with Gasteiger partial charge in [-0.25, -0.2) is 9.97 Å². The number of nitrogens with zero attached hydrogens (tertiary/aromatic N) is 3. The van der Waals surface area contributed by atoms with Gasteiger partial charge >= 0.3 is 0 Å². The molecule has 8 nitrogen and oxygen atoms in total. The third-order valence-electron chi connectivity index (χ3n) is 6.18. The SMILES string of the molecule is COc1cc(C)cnc1-c1cc2ncc(OC)c(-c3ccc(NC4CCOCC4)c(C#N)c3)c2o1. The van der Waals surface area contributed by atoms with E-state index in [9.17, 15) is 5.26 Å². The number of nitriles is 1. The zero-order chi connectivity index (χ0) is 24.4. The first-order chi connectivity index (χ1) is 17.1. The lowest BCUT2D eigenvalue weighted by atomic mass is 10.0. The lowest BCUT2D eigenvalue weighted by Gasteiger charge is -2.24. The number of fused-ring (bicyclic) bond motifs is 1. The van der Waals surface area contributed by atoms with Crippen molar-refractivity contribution in [1.29, 1.82) is 5.26 Å². The molecule has 1 aliphatic rings. The van der Waals surface area contributed by atoms with Gasteiger partial charge in [-0.15, -0.1) is 0 Å². The van der Waals surface area contributed by atoms with Crippen LogP contribution in [0.4, 0.5) is 5.69 Å². The monoisotopic (exact) mass is 470 g/mol. The average molecular weight is 471 g/mol. The van der Waals surface area contributed by atoms with E-state index < -0.39 is 0 Å². The summed E-state index contributed by atoms with van der Waals surface area (Å²) in [6.07, 6.45) is 5.26. The van der Waals surface area contributed by atoms with E-state index in [0.717, 1.165) is 48.4 Å². The van der Waals surface area contributed by atoms with E-state index >= 15 is 0 Å². The van der Waals surface area contributed by atoms with E-state index in [4.69, 9.17) is 18.6 Å². The second kappa shape index (κ2) is 9.65. The van der Waals surface area contributed by atoms with Gasteiger partial charge in [0.05, 0.1) is 37.2 Å². The fourth-order valence-electron chi connectivity index (χ4n) is 4.37. The van der Waals surface area contributed by atoms with E-state index in [1.54, 1.807) is 26.6 Å². The van der Waals surface area contributed by atoms with E-state index in [2.05, 4.69) is 21.4 Å². The Bertz CT molecular complexity index is 1420. The minimum atomic E-state index is 0.286. The van der Waals surface area contributed by atoms with Gasteiger partial charge in [0.1, 0.15) is 28.8 Å². The van der Waals surface area contributed by atoms with Crippen LogP contribution < -0.4 is 14.8 Å².